The number of amides is 1. The van der Waals surface area contributed by atoms with E-state index in [0.717, 1.165) is 17.8 Å². The highest BCUT2D eigenvalue weighted by Crippen LogP contribution is 2.30. The Kier molecular flexibility index (Phi) is 2.98. The normalized spacial score (nSPS) is 12.6. The van der Waals surface area contributed by atoms with E-state index in [0.29, 0.717) is 19.0 Å². The Morgan fingerprint density at radius 1 is 1.40 bits per heavy atom. The minimum Gasteiger partial charge on any atom is -0.461 e. The number of esters is 1. The predicted molar refractivity (Wildman–Crippen MR) is 71.8 cm³/mol. The van der Waals surface area contributed by atoms with E-state index < -0.39 is 5.97 Å². The van der Waals surface area contributed by atoms with E-state index in [1.54, 1.807) is 18.0 Å². The predicted octanol–water partition coefficient (Wildman–Crippen LogP) is 1.53. The van der Waals surface area contributed by atoms with Gasteiger partial charge in [0.05, 0.1) is 24.5 Å². The van der Waals surface area contributed by atoms with E-state index in [2.05, 4.69) is 4.98 Å². The summed E-state index contributed by atoms with van der Waals surface area (Å²) in [6.07, 6.45) is 2.41. The summed E-state index contributed by atoms with van der Waals surface area (Å²) in [6.45, 7) is 2.38. The molecule has 0 spiro atoms. The molecule has 2 aromatic rings. The summed E-state index contributed by atoms with van der Waals surface area (Å²) in [5, 5.41) is 0. The number of nitrogens with zero attached hydrogens (tertiary/aromatic N) is 3. The van der Waals surface area contributed by atoms with Crippen molar-refractivity contribution < 1.29 is 14.3 Å². The van der Waals surface area contributed by atoms with Crippen LogP contribution in [0.3, 0.4) is 0 Å². The standard InChI is InChI=1S/C14H13N3O3/c1-2-20-14(19)10-7-17-12-6-4-3-5-11(12)16(9-18)8-13(17)15-10/h3-7,9H,2,8H2,1H3. The summed E-state index contributed by atoms with van der Waals surface area (Å²) in [5.41, 5.74) is 1.87. The molecular weight excluding hydrogens is 258 g/mol. The van der Waals surface area contributed by atoms with Crippen LogP contribution in [-0.2, 0) is 16.1 Å². The highest BCUT2D eigenvalue weighted by atomic mass is 16.5. The Morgan fingerprint density at radius 2 is 2.15 bits per heavy atom. The van der Waals surface area contributed by atoms with Gasteiger partial charge in [0, 0.05) is 6.20 Å². The summed E-state index contributed by atoms with van der Waals surface area (Å²) in [7, 11) is 0. The van der Waals surface area contributed by atoms with Crippen molar-refractivity contribution in [2.24, 2.45) is 0 Å². The van der Waals surface area contributed by atoms with Gasteiger partial charge in [-0.2, -0.15) is 0 Å². The zero-order valence-electron chi connectivity index (χ0n) is 10.9. The monoisotopic (exact) mass is 271 g/mol. The summed E-state index contributed by atoms with van der Waals surface area (Å²) < 4.78 is 6.77. The summed E-state index contributed by atoms with van der Waals surface area (Å²) in [4.78, 5) is 28.7. The van der Waals surface area contributed by atoms with Gasteiger partial charge >= 0.3 is 5.97 Å². The second-order valence-corrected chi connectivity index (χ2v) is 4.35. The molecule has 1 aromatic heterocycles. The first-order chi connectivity index (χ1) is 9.74. The Balaban J connectivity index is 2.09. The molecule has 0 unspecified atom stereocenters. The molecule has 0 fully saturated rings. The van der Waals surface area contributed by atoms with Crippen molar-refractivity contribution in [1.82, 2.24) is 9.55 Å². The van der Waals surface area contributed by atoms with Crippen LogP contribution in [0.2, 0.25) is 0 Å². The van der Waals surface area contributed by atoms with E-state index in [-0.39, 0.29) is 5.69 Å². The average molecular weight is 271 g/mol. The average Bonchev–Trinajstić information content (AvgIpc) is 2.91. The highest BCUT2D eigenvalue weighted by Gasteiger charge is 2.25. The van der Waals surface area contributed by atoms with Crippen molar-refractivity contribution in [2.75, 3.05) is 11.5 Å². The lowest BCUT2D eigenvalue weighted by molar-refractivity contribution is -0.107. The number of carbonyl (C=O) groups is 2. The fourth-order valence-corrected chi connectivity index (χ4v) is 2.28. The Morgan fingerprint density at radius 3 is 2.85 bits per heavy atom. The number of anilines is 1. The number of fused-ring (bicyclic) bond motifs is 3. The zero-order chi connectivity index (χ0) is 14.1. The third-order valence-corrected chi connectivity index (χ3v) is 3.15. The SMILES string of the molecule is CCOC(=O)c1cn2c(n1)CN(C=O)c1ccccc1-2. The first-order valence-corrected chi connectivity index (χ1v) is 6.31. The number of benzene rings is 1. The van der Waals surface area contributed by atoms with Crippen LogP contribution in [0.1, 0.15) is 23.2 Å². The summed E-state index contributed by atoms with van der Waals surface area (Å²) in [5.74, 6) is 0.184. The zero-order valence-corrected chi connectivity index (χ0v) is 10.9. The van der Waals surface area contributed by atoms with E-state index in [4.69, 9.17) is 4.74 Å². The fourth-order valence-electron chi connectivity index (χ4n) is 2.28. The maximum absolute atomic E-state index is 11.7. The van der Waals surface area contributed by atoms with Crippen LogP contribution in [0.5, 0.6) is 0 Å². The minimum absolute atomic E-state index is 0.254. The molecule has 0 radical (unpaired) electrons. The minimum atomic E-state index is -0.454. The second kappa shape index (κ2) is 4.80. The quantitative estimate of drug-likeness (QED) is 0.627. The van der Waals surface area contributed by atoms with Gasteiger partial charge in [0.2, 0.25) is 6.41 Å². The van der Waals surface area contributed by atoms with E-state index in [1.807, 2.05) is 28.8 Å². The molecule has 0 saturated carbocycles. The van der Waals surface area contributed by atoms with Crippen LogP contribution in [0.25, 0.3) is 5.69 Å². The highest BCUT2D eigenvalue weighted by molar-refractivity contribution is 5.88. The lowest BCUT2D eigenvalue weighted by Crippen LogP contribution is -2.28. The molecule has 0 saturated heterocycles. The van der Waals surface area contributed by atoms with Crippen LogP contribution in [0, 0.1) is 0 Å². The maximum atomic E-state index is 11.7. The molecule has 2 heterocycles. The number of rotatable bonds is 3. The molecule has 1 aliphatic heterocycles. The van der Waals surface area contributed by atoms with Crippen molar-refractivity contribution in [3.8, 4) is 5.69 Å². The third kappa shape index (κ3) is 1.85. The van der Waals surface area contributed by atoms with Gasteiger partial charge in [-0.1, -0.05) is 12.1 Å². The van der Waals surface area contributed by atoms with Crippen molar-refractivity contribution in [3.05, 3.63) is 42.0 Å². The van der Waals surface area contributed by atoms with Gasteiger partial charge in [-0.3, -0.25) is 9.36 Å². The van der Waals surface area contributed by atoms with Crippen molar-refractivity contribution in [2.45, 2.75) is 13.5 Å². The Labute approximate surface area is 115 Å². The first-order valence-electron chi connectivity index (χ1n) is 6.31. The summed E-state index contributed by atoms with van der Waals surface area (Å²) in [6, 6.07) is 7.48. The number of hydrogen-bond acceptors (Lipinski definition) is 4. The van der Waals surface area contributed by atoms with E-state index in [1.165, 1.54) is 0 Å². The van der Waals surface area contributed by atoms with Gasteiger partial charge in [-0.25, -0.2) is 9.78 Å². The van der Waals surface area contributed by atoms with E-state index in [9.17, 15) is 9.59 Å². The van der Waals surface area contributed by atoms with Gasteiger partial charge in [0.25, 0.3) is 0 Å². The molecule has 102 valence electrons. The van der Waals surface area contributed by atoms with Crippen molar-refractivity contribution in [1.29, 1.82) is 0 Å². The molecule has 3 rings (SSSR count). The maximum Gasteiger partial charge on any atom is 0.358 e. The van der Waals surface area contributed by atoms with Crippen LogP contribution in [0.4, 0.5) is 5.69 Å². The van der Waals surface area contributed by atoms with Crippen LogP contribution in [-0.4, -0.2) is 28.5 Å². The number of ether oxygens (including phenoxy) is 1. The fraction of sp³-hybridized carbons (Fsp3) is 0.214. The number of carbonyl (C=O) groups excluding carboxylic acids is 2. The van der Waals surface area contributed by atoms with Gasteiger partial charge < -0.3 is 9.64 Å². The van der Waals surface area contributed by atoms with Gasteiger partial charge in [0.15, 0.2) is 5.69 Å². The van der Waals surface area contributed by atoms with Gasteiger partial charge in [0.1, 0.15) is 5.82 Å². The molecular formula is C14H13N3O3. The molecule has 0 aliphatic carbocycles. The molecule has 6 nitrogen and oxygen atoms in total. The first kappa shape index (κ1) is 12.4. The Bertz CT molecular complexity index is 678. The number of hydrogen-bond donors (Lipinski definition) is 0. The van der Waals surface area contributed by atoms with Crippen molar-refractivity contribution in [3.63, 3.8) is 0 Å². The van der Waals surface area contributed by atoms with Crippen molar-refractivity contribution >= 4 is 18.1 Å². The molecule has 6 heteroatoms. The Hall–Kier alpha value is -2.63. The molecule has 1 aliphatic rings. The summed E-state index contributed by atoms with van der Waals surface area (Å²) >= 11 is 0. The van der Waals surface area contributed by atoms with Crippen LogP contribution >= 0.6 is 0 Å². The molecule has 1 aromatic carbocycles. The number of imidazole rings is 1. The smallest absolute Gasteiger partial charge is 0.358 e. The lowest BCUT2D eigenvalue weighted by atomic mass is 10.2. The molecule has 0 N–H and O–H groups in total. The lowest BCUT2D eigenvalue weighted by Gasteiger charge is -2.26. The van der Waals surface area contributed by atoms with Crippen LogP contribution < -0.4 is 4.90 Å². The molecule has 0 atom stereocenters. The van der Waals surface area contributed by atoms with Gasteiger partial charge in [-0.05, 0) is 19.1 Å². The van der Waals surface area contributed by atoms with Gasteiger partial charge in [-0.15, -0.1) is 0 Å². The molecule has 20 heavy (non-hydrogen) atoms. The number of aromatic nitrogens is 2. The molecule has 1 amide bonds. The topological polar surface area (TPSA) is 64.4 Å². The second-order valence-electron chi connectivity index (χ2n) is 4.35. The third-order valence-electron chi connectivity index (χ3n) is 3.15. The van der Waals surface area contributed by atoms with E-state index >= 15 is 0 Å². The molecule has 0 bridgehead atoms. The largest absolute Gasteiger partial charge is 0.461 e. The number of para-hydroxylation sites is 2. The van der Waals surface area contributed by atoms with Crippen LogP contribution in [0.15, 0.2) is 30.5 Å².